The van der Waals surface area contributed by atoms with E-state index in [1.807, 2.05) is 38.1 Å². The number of benzene rings is 1. The topological polar surface area (TPSA) is 70.7 Å². The van der Waals surface area contributed by atoms with Crippen molar-refractivity contribution in [3.63, 3.8) is 0 Å². The van der Waals surface area contributed by atoms with Gasteiger partial charge in [-0.05, 0) is 51.9 Å². The van der Waals surface area contributed by atoms with Gasteiger partial charge in [-0.2, -0.15) is 0 Å². The highest BCUT2D eigenvalue weighted by atomic mass is 16.5. The number of para-hydroxylation sites is 2. The first kappa shape index (κ1) is 18.3. The lowest BCUT2D eigenvalue weighted by Gasteiger charge is -2.34. The van der Waals surface area contributed by atoms with Gasteiger partial charge in [0.25, 0.3) is 0 Å². The summed E-state index contributed by atoms with van der Waals surface area (Å²) in [6.45, 7) is 5.87. The molecule has 0 bridgehead atoms. The molecule has 1 aromatic rings. The van der Waals surface area contributed by atoms with Gasteiger partial charge in [0.1, 0.15) is 5.75 Å². The summed E-state index contributed by atoms with van der Waals surface area (Å²) >= 11 is 0. The average Bonchev–Trinajstić information content (AvgIpc) is 2.62. The van der Waals surface area contributed by atoms with Crippen LogP contribution in [0.1, 0.15) is 26.7 Å². The van der Waals surface area contributed by atoms with Crippen molar-refractivity contribution in [1.82, 2.24) is 10.2 Å². The fourth-order valence-corrected chi connectivity index (χ4v) is 3.01. The Morgan fingerprint density at radius 2 is 1.96 bits per heavy atom. The number of amides is 2. The SMILES string of the molecule is CCOc1ccccc1NC(=O)C(C)N1CCC(C(=O)NC)CC1. The number of ether oxygens (including phenoxy) is 1. The van der Waals surface area contributed by atoms with E-state index in [2.05, 4.69) is 15.5 Å². The normalized spacial score (nSPS) is 17.1. The van der Waals surface area contributed by atoms with E-state index in [-0.39, 0.29) is 23.8 Å². The van der Waals surface area contributed by atoms with E-state index in [9.17, 15) is 9.59 Å². The van der Waals surface area contributed by atoms with Crippen LogP contribution in [0.25, 0.3) is 0 Å². The third kappa shape index (κ3) is 4.47. The minimum atomic E-state index is -0.245. The molecular weight excluding hydrogens is 306 g/mol. The van der Waals surface area contributed by atoms with Crippen LogP contribution in [0.5, 0.6) is 5.75 Å². The number of hydrogen-bond donors (Lipinski definition) is 2. The summed E-state index contributed by atoms with van der Waals surface area (Å²) in [6, 6.07) is 7.20. The summed E-state index contributed by atoms with van der Waals surface area (Å²) in [5.41, 5.74) is 0.691. The monoisotopic (exact) mass is 333 g/mol. The van der Waals surface area contributed by atoms with E-state index < -0.39 is 0 Å². The summed E-state index contributed by atoms with van der Waals surface area (Å²) in [4.78, 5) is 26.4. The molecule has 0 spiro atoms. The Morgan fingerprint density at radius 1 is 1.29 bits per heavy atom. The maximum Gasteiger partial charge on any atom is 0.241 e. The van der Waals surface area contributed by atoms with Crippen LogP contribution in [0.15, 0.2) is 24.3 Å². The number of nitrogens with one attached hydrogen (secondary N) is 2. The van der Waals surface area contributed by atoms with Crippen molar-refractivity contribution in [3.05, 3.63) is 24.3 Å². The van der Waals surface area contributed by atoms with Crippen LogP contribution >= 0.6 is 0 Å². The van der Waals surface area contributed by atoms with E-state index in [1.165, 1.54) is 0 Å². The van der Waals surface area contributed by atoms with Gasteiger partial charge < -0.3 is 15.4 Å². The molecule has 2 amide bonds. The lowest BCUT2D eigenvalue weighted by molar-refractivity contribution is -0.126. The quantitative estimate of drug-likeness (QED) is 0.834. The summed E-state index contributed by atoms with van der Waals surface area (Å²) in [7, 11) is 1.67. The number of likely N-dealkylation sites (tertiary alicyclic amines) is 1. The molecule has 1 saturated heterocycles. The van der Waals surface area contributed by atoms with E-state index >= 15 is 0 Å². The van der Waals surface area contributed by atoms with Gasteiger partial charge >= 0.3 is 0 Å². The number of rotatable bonds is 6. The summed E-state index contributed by atoms with van der Waals surface area (Å²) in [5.74, 6) is 0.775. The van der Waals surface area contributed by atoms with Crippen LogP contribution < -0.4 is 15.4 Å². The molecule has 1 atom stereocenters. The molecule has 132 valence electrons. The molecule has 2 N–H and O–H groups in total. The smallest absolute Gasteiger partial charge is 0.241 e. The number of carbonyl (C=O) groups is 2. The first-order valence-corrected chi connectivity index (χ1v) is 8.55. The van der Waals surface area contributed by atoms with Crippen molar-refractivity contribution in [1.29, 1.82) is 0 Å². The van der Waals surface area contributed by atoms with Crippen LogP contribution in [0, 0.1) is 5.92 Å². The molecule has 1 aliphatic heterocycles. The zero-order chi connectivity index (χ0) is 17.5. The standard InChI is InChI=1S/C18H27N3O3/c1-4-24-16-8-6-5-7-15(16)20-17(22)13(2)21-11-9-14(10-12-21)18(23)19-3/h5-8,13-14H,4,9-12H2,1-3H3,(H,19,23)(H,20,22). The second-order valence-corrected chi connectivity index (χ2v) is 6.02. The molecule has 1 aromatic carbocycles. The predicted molar refractivity (Wildman–Crippen MR) is 94.1 cm³/mol. The van der Waals surface area contributed by atoms with E-state index in [0.29, 0.717) is 18.0 Å². The van der Waals surface area contributed by atoms with E-state index in [4.69, 9.17) is 4.74 Å². The molecule has 0 aromatic heterocycles. The zero-order valence-electron chi connectivity index (χ0n) is 14.7. The first-order chi connectivity index (χ1) is 11.6. The van der Waals surface area contributed by atoms with Crippen LogP contribution in [0.3, 0.4) is 0 Å². The van der Waals surface area contributed by atoms with E-state index in [0.717, 1.165) is 25.9 Å². The molecule has 0 radical (unpaired) electrons. The third-order valence-corrected chi connectivity index (χ3v) is 4.52. The molecule has 6 heteroatoms. The Balaban J connectivity index is 1.92. The highest BCUT2D eigenvalue weighted by Gasteiger charge is 2.29. The molecule has 1 fully saturated rings. The zero-order valence-corrected chi connectivity index (χ0v) is 14.7. The first-order valence-electron chi connectivity index (χ1n) is 8.55. The van der Waals surface area contributed by atoms with Crippen molar-refractivity contribution in [2.75, 3.05) is 32.1 Å². The van der Waals surface area contributed by atoms with Crippen molar-refractivity contribution >= 4 is 17.5 Å². The molecule has 0 aliphatic carbocycles. The minimum absolute atomic E-state index is 0.0550. The van der Waals surface area contributed by atoms with Crippen molar-refractivity contribution in [2.24, 2.45) is 5.92 Å². The van der Waals surface area contributed by atoms with Gasteiger partial charge in [-0.1, -0.05) is 12.1 Å². The Bertz CT molecular complexity index is 568. The summed E-state index contributed by atoms with van der Waals surface area (Å²) < 4.78 is 5.54. The van der Waals surface area contributed by atoms with Crippen molar-refractivity contribution < 1.29 is 14.3 Å². The Hall–Kier alpha value is -2.08. The van der Waals surface area contributed by atoms with Gasteiger partial charge in [0.15, 0.2) is 0 Å². The average molecular weight is 333 g/mol. The number of nitrogens with zero attached hydrogens (tertiary/aromatic N) is 1. The third-order valence-electron chi connectivity index (χ3n) is 4.52. The summed E-state index contributed by atoms with van der Waals surface area (Å²) in [6.07, 6.45) is 1.57. The molecule has 0 saturated carbocycles. The molecular formula is C18H27N3O3. The fraction of sp³-hybridized carbons (Fsp3) is 0.556. The van der Waals surface area contributed by atoms with Gasteiger partial charge in [-0.15, -0.1) is 0 Å². The molecule has 1 aliphatic rings. The molecule has 1 unspecified atom stereocenters. The second kappa shape index (κ2) is 8.68. The Kier molecular flexibility index (Phi) is 6.61. The second-order valence-electron chi connectivity index (χ2n) is 6.02. The maximum absolute atomic E-state index is 12.6. The highest BCUT2D eigenvalue weighted by molar-refractivity contribution is 5.95. The van der Waals surface area contributed by atoms with Crippen LogP contribution in [0.4, 0.5) is 5.69 Å². The van der Waals surface area contributed by atoms with Crippen LogP contribution in [-0.2, 0) is 9.59 Å². The lowest BCUT2D eigenvalue weighted by Crippen LogP contribution is -2.47. The maximum atomic E-state index is 12.6. The summed E-state index contributed by atoms with van der Waals surface area (Å²) in [5, 5.41) is 5.65. The number of piperidine rings is 1. The molecule has 1 heterocycles. The number of carbonyl (C=O) groups excluding carboxylic acids is 2. The van der Waals surface area contributed by atoms with Gasteiger partial charge in [-0.25, -0.2) is 0 Å². The minimum Gasteiger partial charge on any atom is -0.492 e. The fourth-order valence-electron chi connectivity index (χ4n) is 3.01. The number of hydrogen-bond acceptors (Lipinski definition) is 4. The van der Waals surface area contributed by atoms with E-state index in [1.54, 1.807) is 7.05 Å². The van der Waals surface area contributed by atoms with Gasteiger partial charge in [-0.3, -0.25) is 14.5 Å². The van der Waals surface area contributed by atoms with Gasteiger partial charge in [0.05, 0.1) is 18.3 Å². The predicted octanol–water partition coefficient (Wildman–Crippen LogP) is 1.87. The van der Waals surface area contributed by atoms with Gasteiger partial charge in [0, 0.05) is 13.0 Å². The molecule has 2 rings (SSSR count). The molecule has 6 nitrogen and oxygen atoms in total. The van der Waals surface area contributed by atoms with Crippen molar-refractivity contribution in [3.8, 4) is 5.75 Å². The van der Waals surface area contributed by atoms with Crippen molar-refractivity contribution in [2.45, 2.75) is 32.7 Å². The van der Waals surface area contributed by atoms with Crippen LogP contribution in [0.2, 0.25) is 0 Å². The Morgan fingerprint density at radius 3 is 2.58 bits per heavy atom. The highest BCUT2D eigenvalue weighted by Crippen LogP contribution is 2.25. The number of anilines is 1. The van der Waals surface area contributed by atoms with Gasteiger partial charge in [0.2, 0.25) is 11.8 Å². The Labute approximate surface area is 143 Å². The molecule has 24 heavy (non-hydrogen) atoms. The largest absolute Gasteiger partial charge is 0.492 e. The van der Waals surface area contributed by atoms with Crippen LogP contribution in [-0.4, -0.2) is 49.5 Å². The lowest BCUT2D eigenvalue weighted by atomic mass is 9.95.